The smallest absolute Gasteiger partial charge is 0.0540 e. The van der Waals surface area contributed by atoms with Crippen molar-refractivity contribution in [3.05, 3.63) is 187 Å². The maximum atomic E-state index is 2.43. The Labute approximate surface area is 302 Å². The Morgan fingerprint density at radius 1 is 0.412 bits per heavy atom. The van der Waals surface area contributed by atoms with Crippen molar-refractivity contribution >= 4 is 59.3 Å². The number of benzene rings is 8. The average molecular weight is 670 g/mol. The third-order valence-corrected chi connectivity index (χ3v) is 12.0. The van der Waals surface area contributed by atoms with Crippen molar-refractivity contribution in [2.24, 2.45) is 0 Å². The zero-order valence-electron chi connectivity index (χ0n) is 28.6. The van der Waals surface area contributed by atoms with E-state index in [1.165, 1.54) is 75.5 Å². The Hall–Kier alpha value is -5.96. The molecular formula is C49H35NS. The number of nitrogens with zero attached hydrogens (tertiary/aromatic N) is 1. The topological polar surface area (TPSA) is 3.24 Å². The van der Waals surface area contributed by atoms with Gasteiger partial charge in [-0.15, -0.1) is 11.3 Å². The maximum Gasteiger partial charge on any atom is 0.0540 e. The summed E-state index contributed by atoms with van der Waals surface area (Å²) in [6.07, 6.45) is 0. The van der Waals surface area contributed by atoms with Gasteiger partial charge in [0.05, 0.1) is 5.69 Å². The van der Waals surface area contributed by atoms with E-state index in [-0.39, 0.29) is 5.41 Å². The van der Waals surface area contributed by atoms with E-state index in [1.54, 1.807) is 0 Å². The highest BCUT2D eigenvalue weighted by molar-refractivity contribution is 7.25. The normalized spacial score (nSPS) is 13.1. The number of para-hydroxylation sites is 1. The molecule has 2 heteroatoms. The minimum absolute atomic E-state index is 0.0402. The molecule has 0 unspecified atom stereocenters. The first-order valence-corrected chi connectivity index (χ1v) is 18.5. The molecule has 0 saturated heterocycles. The van der Waals surface area contributed by atoms with Crippen LogP contribution >= 0.6 is 11.3 Å². The minimum atomic E-state index is -0.0402. The van der Waals surface area contributed by atoms with Crippen LogP contribution in [0.1, 0.15) is 25.0 Å². The summed E-state index contributed by atoms with van der Waals surface area (Å²) >= 11 is 1.88. The van der Waals surface area contributed by atoms with E-state index in [1.807, 2.05) is 11.3 Å². The molecule has 1 heterocycles. The lowest BCUT2D eigenvalue weighted by Crippen LogP contribution is -2.15. The van der Waals surface area contributed by atoms with Gasteiger partial charge in [0.15, 0.2) is 0 Å². The molecule has 0 spiro atoms. The molecule has 0 N–H and O–H groups in total. The monoisotopic (exact) mass is 669 g/mol. The molecule has 0 atom stereocenters. The Balaban J connectivity index is 1.10. The van der Waals surface area contributed by atoms with Gasteiger partial charge in [-0.1, -0.05) is 135 Å². The van der Waals surface area contributed by atoms with Gasteiger partial charge in [-0.2, -0.15) is 0 Å². The fourth-order valence-corrected chi connectivity index (χ4v) is 9.39. The Morgan fingerprint density at radius 2 is 1.10 bits per heavy atom. The van der Waals surface area contributed by atoms with Crippen LogP contribution in [0, 0.1) is 0 Å². The van der Waals surface area contributed by atoms with Crippen LogP contribution < -0.4 is 4.90 Å². The van der Waals surface area contributed by atoms with Crippen molar-refractivity contribution in [3.8, 4) is 33.4 Å². The van der Waals surface area contributed by atoms with E-state index in [2.05, 4.69) is 195 Å². The van der Waals surface area contributed by atoms with Crippen LogP contribution in [0.15, 0.2) is 176 Å². The molecule has 0 saturated carbocycles. The molecule has 10 rings (SSSR count). The Morgan fingerprint density at radius 3 is 1.96 bits per heavy atom. The molecular weight excluding hydrogens is 635 g/mol. The highest BCUT2D eigenvalue weighted by Gasteiger charge is 2.35. The third-order valence-electron chi connectivity index (χ3n) is 10.8. The Bertz CT molecular complexity index is 2770. The van der Waals surface area contributed by atoms with Crippen molar-refractivity contribution in [1.29, 1.82) is 0 Å². The van der Waals surface area contributed by atoms with Gasteiger partial charge < -0.3 is 4.90 Å². The van der Waals surface area contributed by atoms with Crippen molar-refractivity contribution < 1.29 is 0 Å². The maximum absolute atomic E-state index is 2.43. The first kappa shape index (κ1) is 29.9. The van der Waals surface area contributed by atoms with Crippen LogP contribution in [0.2, 0.25) is 0 Å². The lowest BCUT2D eigenvalue weighted by molar-refractivity contribution is 0.660. The lowest BCUT2D eigenvalue weighted by atomic mass is 9.82. The summed E-state index contributed by atoms with van der Waals surface area (Å²) in [5.74, 6) is 0. The second kappa shape index (κ2) is 11.6. The largest absolute Gasteiger partial charge is 0.310 e. The van der Waals surface area contributed by atoms with Gasteiger partial charge >= 0.3 is 0 Å². The van der Waals surface area contributed by atoms with Crippen LogP contribution in [0.5, 0.6) is 0 Å². The lowest BCUT2D eigenvalue weighted by Gasteiger charge is -2.29. The van der Waals surface area contributed by atoms with Crippen LogP contribution in [-0.2, 0) is 5.41 Å². The second-order valence-corrected chi connectivity index (χ2v) is 15.3. The number of fused-ring (bicyclic) bond motifs is 7. The highest BCUT2D eigenvalue weighted by atomic mass is 32.1. The molecule has 0 aliphatic heterocycles. The van der Waals surface area contributed by atoms with E-state index < -0.39 is 0 Å². The molecule has 1 aliphatic carbocycles. The predicted octanol–water partition coefficient (Wildman–Crippen LogP) is 14.3. The van der Waals surface area contributed by atoms with Crippen molar-refractivity contribution in [1.82, 2.24) is 0 Å². The SMILES string of the molecule is CC1(C)c2ccccc2-c2cc(N(c3ccc(-c4ccc5cc6c(cc5c4)sc4ccccc46)cc3)c3ccccc3-c3ccccc3)ccc21. The van der Waals surface area contributed by atoms with Crippen molar-refractivity contribution in [2.75, 3.05) is 4.90 Å². The van der Waals surface area contributed by atoms with Crippen LogP contribution in [0.25, 0.3) is 64.3 Å². The molecule has 1 nitrogen and oxygen atoms in total. The summed E-state index contributed by atoms with van der Waals surface area (Å²) in [5.41, 5.74) is 13.6. The first-order valence-electron chi connectivity index (χ1n) is 17.7. The van der Waals surface area contributed by atoms with Gasteiger partial charge in [-0.05, 0) is 104 Å². The molecule has 0 amide bonds. The summed E-state index contributed by atoms with van der Waals surface area (Å²) in [6, 6.07) is 64.9. The van der Waals surface area contributed by atoms with Gasteiger partial charge in [0.2, 0.25) is 0 Å². The quantitative estimate of drug-likeness (QED) is 0.176. The molecule has 51 heavy (non-hydrogen) atoms. The molecule has 242 valence electrons. The van der Waals surface area contributed by atoms with Gasteiger partial charge in [-0.25, -0.2) is 0 Å². The molecule has 9 aromatic rings. The summed E-state index contributed by atoms with van der Waals surface area (Å²) in [7, 11) is 0. The summed E-state index contributed by atoms with van der Waals surface area (Å²) in [6.45, 7) is 4.69. The van der Waals surface area contributed by atoms with Crippen molar-refractivity contribution in [3.63, 3.8) is 0 Å². The van der Waals surface area contributed by atoms with Gasteiger partial charge in [0, 0.05) is 42.5 Å². The number of rotatable bonds is 5. The van der Waals surface area contributed by atoms with E-state index in [9.17, 15) is 0 Å². The first-order chi connectivity index (χ1) is 25.0. The fourth-order valence-electron chi connectivity index (χ4n) is 8.26. The second-order valence-electron chi connectivity index (χ2n) is 14.2. The highest BCUT2D eigenvalue weighted by Crippen LogP contribution is 2.51. The van der Waals surface area contributed by atoms with Crippen LogP contribution in [-0.4, -0.2) is 0 Å². The third kappa shape index (κ3) is 4.82. The zero-order chi connectivity index (χ0) is 34.1. The molecule has 8 aromatic carbocycles. The van der Waals surface area contributed by atoms with Crippen LogP contribution in [0.3, 0.4) is 0 Å². The van der Waals surface area contributed by atoms with E-state index in [0.29, 0.717) is 0 Å². The van der Waals surface area contributed by atoms with Gasteiger partial charge in [0.25, 0.3) is 0 Å². The molecule has 0 radical (unpaired) electrons. The van der Waals surface area contributed by atoms with Crippen LogP contribution in [0.4, 0.5) is 17.1 Å². The van der Waals surface area contributed by atoms with E-state index >= 15 is 0 Å². The zero-order valence-corrected chi connectivity index (χ0v) is 29.4. The van der Waals surface area contributed by atoms with Gasteiger partial charge in [-0.3, -0.25) is 0 Å². The number of anilines is 3. The van der Waals surface area contributed by atoms with Crippen molar-refractivity contribution in [2.45, 2.75) is 19.3 Å². The minimum Gasteiger partial charge on any atom is -0.310 e. The summed E-state index contributed by atoms with van der Waals surface area (Å²) in [5, 5.41) is 5.23. The molecule has 0 fully saturated rings. The van der Waals surface area contributed by atoms with E-state index in [0.717, 1.165) is 17.1 Å². The molecule has 0 bridgehead atoms. The molecule has 1 aromatic heterocycles. The standard InChI is InChI=1S/C49H35NS/c1-49(2)44-17-9-6-15-40(44)42-31-38(26-27-45(42)49)50(46-18-10-7-14-39(46)33-12-4-3-5-13-33)37-24-22-32(23-25-37)34-20-21-35-29-43-41-16-8-11-19-47(41)51-48(43)30-36(35)28-34/h3-31H,1-2H3. The predicted molar refractivity (Wildman–Crippen MR) is 220 cm³/mol. The number of hydrogen-bond acceptors (Lipinski definition) is 2. The fraction of sp³-hybridized carbons (Fsp3) is 0.0612. The number of hydrogen-bond donors (Lipinski definition) is 0. The Kier molecular flexibility index (Phi) is 6.78. The summed E-state index contributed by atoms with van der Waals surface area (Å²) in [4.78, 5) is 2.43. The van der Waals surface area contributed by atoms with E-state index in [4.69, 9.17) is 0 Å². The molecule has 1 aliphatic rings. The summed E-state index contributed by atoms with van der Waals surface area (Å²) < 4.78 is 2.68. The number of thiophene rings is 1. The van der Waals surface area contributed by atoms with Gasteiger partial charge in [0.1, 0.15) is 0 Å². The average Bonchev–Trinajstić information content (AvgIpc) is 3.65.